The molecule has 3 rings (SSSR count). The van der Waals surface area contributed by atoms with Crippen molar-refractivity contribution in [1.29, 1.82) is 0 Å². The lowest BCUT2D eigenvalue weighted by Crippen LogP contribution is -2.36. The van der Waals surface area contributed by atoms with Crippen LogP contribution in [0, 0.1) is 6.92 Å². The van der Waals surface area contributed by atoms with Gasteiger partial charge in [-0.2, -0.15) is 0 Å². The fourth-order valence-electron chi connectivity index (χ4n) is 3.60. The van der Waals surface area contributed by atoms with Crippen molar-refractivity contribution in [3.8, 4) is 0 Å². The van der Waals surface area contributed by atoms with Crippen molar-refractivity contribution in [2.75, 3.05) is 6.61 Å². The third-order valence-electron chi connectivity index (χ3n) is 5.35. The van der Waals surface area contributed by atoms with Crippen LogP contribution in [0.1, 0.15) is 34.6 Å². The van der Waals surface area contributed by atoms with Gasteiger partial charge in [0.25, 0.3) is 0 Å². The van der Waals surface area contributed by atoms with Crippen LogP contribution in [0.25, 0.3) is 0 Å². The Morgan fingerprint density at radius 3 is 2.16 bits per heavy atom. The van der Waals surface area contributed by atoms with Crippen molar-refractivity contribution in [2.24, 2.45) is 0 Å². The minimum absolute atomic E-state index is 0.0549. The van der Waals surface area contributed by atoms with Crippen molar-refractivity contribution >= 4 is 5.91 Å². The summed E-state index contributed by atoms with van der Waals surface area (Å²) >= 11 is 0. The normalized spacial score (nSPS) is 12.7. The molecule has 0 aliphatic rings. The van der Waals surface area contributed by atoms with E-state index < -0.39 is 12.0 Å². The van der Waals surface area contributed by atoms with Gasteiger partial charge in [-0.05, 0) is 36.5 Å². The van der Waals surface area contributed by atoms with Crippen molar-refractivity contribution in [2.45, 2.75) is 38.3 Å². The van der Waals surface area contributed by atoms with Crippen LogP contribution in [-0.2, 0) is 22.5 Å². The Morgan fingerprint density at radius 1 is 0.935 bits per heavy atom. The topological polar surface area (TPSA) is 38.3 Å². The first-order valence-electron chi connectivity index (χ1n) is 10.8. The van der Waals surface area contributed by atoms with Crippen molar-refractivity contribution < 1.29 is 9.53 Å². The fourth-order valence-corrected chi connectivity index (χ4v) is 3.60. The van der Waals surface area contributed by atoms with Crippen LogP contribution in [0.15, 0.2) is 97.6 Å². The van der Waals surface area contributed by atoms with Crippen LogP contribution < -0.4 is 5.32 Å². The Labute approximate surface area is 185 Å². The van der Waals surface area contributed by atoms with Crippen LogP contribution in [0.3, 0.4) is 0 Å². The van der Waals surface area contributed by atoms with Gasteiger partial charge in [0, 0.05) is 13.2 Å². The molecule has 0 aliphatic heterocycles. The van der Waals surface area contributed by atoms with Crippen molar-refractivity contribution in [3.63, 3.8) is 0 Å². The molecule has 0 bridgehead atoms. The largest absolute Gasteiger partial charge is 0.373 e. The van der Waals surface area contributed by atoms with E-state index in [2.05, 4.69) is 24.0 Å². The number of aryl methyl sites for hydroxylation is 2. The summed E-state index contributed by atoms with van der Waals surface area (Å²) in [5, 5.41) is 3.08. The molecule has 0 spiro atoms. The number of carbonyl (C=O) groups is 1. The Balaban J connectivity index is 1.66. The van der Waals surface area contributed by atoms with Crippen LogP contribution in [-0.4, -0.2) is 18.6 Å². The highest BCUT2D eigenvalue weighted by Crippen LogP contribution is 2.24. The molecular weight excluding hydrogens is 382 g/mol. The minimum atomic E-state index is -0.446. The van der Waals surface area contributed by atoms with Crippen LogP contribution in [0.4, 0.5) is 0 Å². The summed E-state index contributed by atoms with van der Waals surface area (Å²) in [7, 11) is 0. The van der Waals surface area contributed by atoms with Gasteiger partial charge in [0.05, 0.1) is 12.0 Å². The fraction of sp³-hybridized carbons (Fsp3) is 0.250. The molecule has 3 heteroatoms. The summed E-state index contributed by atoms with van der Waals surface area (Å²) < 4.78 is 6.15. The molecule has 2 atom stereocenters. The predicted molar refractivity (Wildman–Crippen MR) is 127 cm³/mol. The zero-order chi connectivity index (χ0) is 21.9. The summed E-state index contributed by atoms with van der Waals surface area (Å²) in [4.78, 5) is 13.2. The van der Waals surface area contributed by atoms with Gasteiger partial charge in [-0.15, -0.1) is 6.58 Å². The molecule has 31 heavy (non-hydrogen) atoms. The van der Waals surface area contributed by atoms with E-state index in [1.165, 1.54) is 5.56 Å². The quantitative estimate of drug-likeness (QED) is 0.328. The third-order valence-corrected chi connectivity index (χ3v) is 5.35. The Morgan fingerprint density at radius 2 is 1.55 bits per heavy atom. The summed E-state index contributed by atoms with van der Waals surface area (Å²) in [5.41, 5.74) is 4.45. The maximum atomic E-state index is 13.2. The predicted octanol–water partition coefficient (Wildman–Crippen LogP) is 5.60. The lowest BCUT2D eigenvalue weighted by molar-refractivity contribution is -0.125. The highest BCUT2D eigenvalue weighted by atomic mass is 16.5. The number of benzene rings is 3. The number of rotatable bonds is 11. The Bertz CT molecular complexity index is 936. The first-order valence-corrected chi connectivity index (χ1v) is 10.8. The average molecular weight is 414 g/mol. The molecule has 3 aromatic carbocycles. The van der Waals surface area contributed by atoms with E-state index in [4.69, 9.17) is 4.74 Å². The standard InChI is InChI=1S/C28H31NO2/c1-3-26(31-20-10-15-23-11-6-4-7-12-23)27(25-18-16-22(2)17-19-25)28(30)29-21-24-13-8-5-9-14-24/h3-9,11-14,16-19,26-27H,1,10,15,20-21H2,2H3,(H,29,30)/t26-,27+/m0/s1. The van der Waals surface area contributed by atoms with Crippen LogP contribution in [0.5, 0.6) is 0 Å². The molecular formula is C28H31NO2. The summed E-state index contributed by atoms with van der Waals surface area (Å²) in [6, 6.07) is 28.4. The molecule has 0 heterocycles. The zero-order valence-corrected chi connectivity index (χ0v) is 18.2. The number of hydrogen-bond acceptors (Lipinski definition) is 2. The molecule has 0 fully saturated rings. The van der Waals surface area contributed by atoms with E-state index in [0.29, 0.717) is 13.2 Å². The minimum Gasteiger partial charge on any atom is -0.373 e. The number of hydrogen-bond donors (Lipinski definition) is 1. The van der Waals surface area contributed by atoms with Crippen LogP contribution in [0.2, 0.25) is 0 Å². The lowest BCUT2D eigenvalue weighted by atomic mass is 9.91. The van der Waals surface area contributed by atoms with E-state index in [1.54, 1.807) is 6.08 Å². The van der Waals surface area contributed by atoms with Gasteiger partial charge >= 0.3 is 0 Å². The van der Waals surface area contributed by atoms with E-state index >= 15 is 0 Å². The lowest BCUT2D eigenvalue weighted by Gasteiger charge is -2.25. The number of nitrogens with one attached hydrogen (secondary N) is 1. The molecule has 1 amide bonds. The molecule has 160 valence electrons. The molecule has 0 radical (unpaired) electrons. The van der Waals surface area contributed by atoms with Crippen molar-refractivity contribution in [3.05, 3.63) is 120 Å². The van der Waals surface area contributed by atoms with Gasteiger partial charge in [-0.3, -0.25) is 4.79 Å². The summed E-state index contributed by atoms with van der Waals surface area (Å²) in [6.45, 7) is 7.05. The molecule has 0 aromatic heterocycles. The molecule has 0 saturated heterocycles. The summed E-state index contributed by atoms with van der Waals surface area (Å²) in [6.07, 6.45) is 3.19. The SMILES string of the molecule is C=C[C@H](OCCCc1ccccc1)[C@H](C(=O)NCc1ccccc1)c1ccc(C)cc1. The van der Waals surface area contributed by atoms with E-state index in [1.807, 2.05) is 79.7 Å². The second-order valence-corrected chi connectivity index (χ2v) is 7.75. The molecule has 3 nitrogen and oxygen atoms in total. The third kappa shape index (κ3) is 6.94. The number of carbonyl (C=O) groups excluding carboxylic acids is 1. The molecule has 1 N–H and O–H groups in total. The average Bonchev–Trinajstić information content (AvgIpc) is 2.82. The van der Waals surface area contributed by atoms with Gasteiger partial charge < -0.3 is 10.1 Å². The highest BCUT2D eigenvalue weighted by Gasteiger charge is 2.28. The van der Waals surface area contributed by atoms with E-state index in [0.717, 1.165) is 29.5 Å². The van der Waals surface area contributed by atoms with Gasteiger partial charge in [-0.25, -0.2) is 0 Å². The van der Waals surface area contributed by atoms with Gasteiger partial charge in [0.2, 0.25) is 5.91 Å². The number of ether oxygens (including phenoxy) is 1. The smallest absolute Gasteiger partial charge is 0.230 e. The monoisotopic (exact) mass is 413 g/mol. The van der Waals surface area contributed by atoms with Gasteiger partial charge in [-0.1, -0.05) is 96.6 Å². The second kappa shape index (κ2) is 11.9. The molecule has 3 aromatic rings. The van der Waals surface area contributed by atoms with Gasteiger partial charge in [0.1, 0.15) is 0 Å². The maximum absolute atomic E-state index is 13.2. The van der Waals surface area contributed by atoms with E-state index in [-0.39, 0.29) is 5.91 Å². The molecule has 0 saturated carbocycles. The maximum Gasteiger partial charge on any atom is 0.230 e. The Kier molecular flexibility index (Phi) is 8.62. The first kappa shape index (κ1) is 22.5. The highest BCUT2D eigenvalue weighted by molar-refractivity contribution is 5.84. The van der Waals surface area contributed by atoms with E-state index in [9.17, 15) is 4.79 Å². The van der Waals surface area contributed by atoms with Gasteiger partial charge in [0.15, 0.2) is 0 Å². The summed E-state index contributed by atoms with van der Waals surface area (Å²) in [5.74, 6) is -0.501. The molecule has 0 aliphatic carbocycles. The van der Waals surface area contributed by atoms with Crippen LogP contribution >= 0.6 is 0 Å². The first-order chi connectivity index (χ1) is 15.2. The van der Waals surface area contributed by atoms with Crippen molar-refractivity contribution in [1.82, 2.24) is 5.32 Å². The second-order valence-electron chi connectivity index (χ2n) is 7.75. The zero-order valence-electron chi connectivity index (χ0n) is 18.2. The molecule has 0 unspecified atom stereocenters. The number of amides is 1. The Hall–Kier alpha value is -3.17.